The molecule has 4 heteroatoms. The first kappa shape index (κ1) is 14.9. The zero-order valence-corrected chi connectivity index (χ0v) is 14.3. The van der Waals surface area contributed by atoms with E-state index in [1.54, 1.807) is 0 Å². The molecule has 3 heterocycles. The van der Waals surface area contributed by atoms with E-state index in [1.807, 2.05) is 53.1 Å². The van der Waals surface area contributed by atoms with E-state index in [4.69, 9.17) is 16.3 Å². The van der Waals surface area contributed by atoms with E-state index in [-0.39, 0.29) is 11.9 Å². The van der Waals surface area contributed by atoms with Gasteiger partial charge in [-0.25, -0.2) is 0 Å². The lowest BCUT2D eigenvalue weighted by molar-refractivity contribution is 0.104. The van der Waals surface area contributed by atoms with Crippen LogP contribution in [0, 0.1) is 0 Å². The highest BCUT2D eigenvalue weighted by Crippen LogP contribution is 2.43. The molecule has 0 amide bonds. The number of halogens is 1. The van der Waals surface area contributed by atoms with Crippen molar-refractivity contribution in [2.45, 2.75) is 18.9 Å². The standard InChI is InChI=1S/C21H16ClNO2/c22-14-9-7-13(8-10-14)19-16(18-6-3-11-25-18)12-23-17-5-2-1-4-15(17)21(24)20(19)23/h1-2,4-5,7-10,12,18H,3,6,11H2. The van der Waals surface area contributed by atoms with E-state index in [0.29, 0.717) is 5.02 Å². The lowest BCUT2D eigenvalue weighted by atomic mass is 9.95. The van der Waals surface area contributed by atoms with Gasteiger partial charge in [-0.1, -0.05) is 35.9 Å². The molecule has 0 saturated carbocycles. The van der Waals surface area contributed by atoms with Crippen molar-refractivity contribution in [3.63, 3.8) is 0 Å². The average molecular weight is 350 g/mol. The van der Waals surface area contributed by atoms with Gasteiger partial charge in [-0.05, 0) is 42.7 Å². The predicted octanol–water partition coefficient (Wildman–Crippen LogP) is 5.19. The second-order valence-corrected chi connectivity index (χ2v) is 6.97. The number of nitrogens with zero attached hydrogens (tertiary/aromatic N) is 1. The van der Waals surface area contributed by atoms with Crippen molar-refractivity contribution in [2.75, 3.05) is 6.61 Å². The van der Waals surface area contributed by atoms with Crippen LogP contribution in [0.15, 0.2) is 54.7 Å². The monoisotopic (exact) mass is 349 g/mol. The molecule has 5 rings (SSSR count). The molecule has 0 N–H and O–H groups in total. The van der Waals surface area contributed by atoms with Crippen LogP contribution in [0.5, 0.6) is 0 Å². The Kier molecular flexibility index (Phi) is 3.34. The van der Waals surface area contributed by atoms with E-state index < -0.39 is 0 Å². The summed E-state index contributed by atoms with van der Waals surface area (Å²) in [6.07, 6.45) is 4.16. The zero-order chi connectivity index (χ0) is 17.0. The molecule has 0 bridgehead atoms. The lowest BCUT2D eigenvalue weighted by Gasteiger charge is -2.12. The Hall–Kier alpha value is -2.36. The van der Waals surface area contributed by atoms with Crippen LogP contribution >= 0.6 is 11.6 Å². The minimum Gasteiger partial charge on any atom is -0.373 e. The molecule has 25 heavy (non-hydrogen) atoms. The normalized spacial score (nSPS) is 18.4. The quantitative estimate of drug-likeness (QED) is 0.498. The maximum absolute atomic E-state index is 13.1. The van der Waals surface area contributed by atoms with Crippen molar-refractivity contribution >= 4 is 17.4 Å². The van der Waals surface area contributed by atoms with Crippen molar-refractivity contribution in [1.82, 2.24) is 4.57 Å². The smallest absolute Gasteiger partial charge is 0.212 e. The van der Waals surface area contributed by atoms with Crippen LogP contribution in [0.1, 0.15) is 40.6 Å². The number of ether oxygens (including phenoxy) is 1. The number of rotatable bonds is 2. The first-order chi connectivity index (χ1) is 12.2. The molecule has 2 aliphatic heterocycles. The van der Waals surface area contributed by atoms with E-state index in [2.05, 4.69) is 6.20 Å². The summed E-state index contributed by atoms with van der Waals surface area (Å²) in [5, 5.41) is 0.688. The summed E-state index contributed by atoms with van der Waals surface area (Å²) < 4.78 is 7.96. The Morgan fingerprint density at radius 2 is 1.88 bits per heavy atom. The highest BCUT2D eigenvalue weighted by atomic mass is 35.5. The molecule has 2 aromatic carbocycles. The highest BCUT2D eigenvalue weighted by Gasteiger charge is 2.35. The van der Waals surface area contributed by atoms with Crippen LogP contribution in [0.25, 0.3) is 16.8 Å². The SMILES string of the molecule is O=C1c2ccccc2-n2cc(C3CCCO3)c(-c3ccc(Cl)cc3)c21. The molecular formula is C21H16ClNO2. The number of benzene rings is 2. The van der Waals surface area contributed by atoms with Gasteiger partial charge in [0, 0.05) is 34.5 Å². The van der Waals surface area contributed by atoms with Crippen LogP contribution in [0.4, 0.5) is 0 Å². The van der Waals surface area contributed by atoms with Crippen molar-refractivity contribution in [1.29, 1.82) is 0 Å². The van der Waals surface area contributed by atoms with Crippen LogP contribution in [-0.2, 0) is 4.74 Å². The molecular weight excluding hydrogens is 334 g/mol. The van der Waals surface area contributed by atoms with Crippen LogP contribution < -0.4 is 0 Å². The van der Waals surface area contributed by atoms with Crippen LogP contribution in [0.2, 0.25) is 5.02 Å². The lowest BCUT2D eigenvalue weighted by Crippen LogP contribution is -2.01. The fourth-order valence-electron chi connectivity index (χ4n) is 3.93. The molecule has 0 radical (unpaired) electrons. The number of fused-ring (bicyclic) bond motifs is 3. The van der Waals surface area contributed by atoms with E-state index in [1.165, 1.54) is 0 Å². The van der Waals surface area contributed by atoms with Gasteiger partial charge >= 0.3 is 0 Å². The number of carbonyl (C=O) groups excluding carboxylic acids is 1. The third-order valence-electron chi connectivity index (χ3n) is 5.07. The summed E-state index contributed by atoms with van der Waals surface area (Å²) in [5.74, 6) is 0.0739. The number of aromatic nitrogens is 1. The molecule has 1 unspecified atom stereocenters. The third-order valence-corrected chi connectivity index (χ3v) is 5.32. The Labute approximate surface area is 150 Å². The highest BCUT2D eigenvalue weighted by molar-refractivity contribution is 6.30. The van der Waals surface area contributed by atoms with Gasteiger partial charge in [0.25, 0.3) is 0 Å². The largest absolute Gasteiger partial charge is 0.373 e. The van der Waals surface area contributed by atoms with Gasteiger partial charge in [0.15, 0.2) is 0 Å². The van der Waals surface area contributed by atoms with Gasteiger partial charge in [-0.15, -0.1) is 0 Å². The van der Waals surface area contributed by atoms with Crippen molar-refractivity contribution in [3.05, 3.63) is 76.6 Å². The molecule has 124 valence electrons. The first-order valence-corrected chi connectivity index (χ1v) is 8.89. The van der Waals surface area contributed by atoms with Gasteiger partial charge in [-0.2, -0.15) is 0 Å². The average Bonchev–Trinajstić information content (AvgIpc) is 3.33. The van der Waals surface area contributed by atoms with Crippen molar-refractivity contribution in [3.8, 4) is 16.8 Å². The topological polar surface area (TPSA) is 31.2 Å². The van der Waals surface area contributed by atoms with Gasteiger partial charge < -0.3 is 9.30 Å². The van der Waals surface area contributed by atoms with Crippen LogP contribution in [-0.4, -0.2) is 17.0 Å². The molecule has 1 atom stereocenters. The number of para-hydroxylation sites is 1. The van der Waals surface area contributed by atoms with Crippen molar-refractivity contribution in [2.24, 2.45) is 0 Å². The first-order valence-electron chi connectivity index (χ1n) is 8.51. The second kappa shape index (κ2) is 5.58. The number of carbonyl (C=O) groups is 1. The van der Waals surface area contributed by atoms with E-state index >= 15 is 0 Å². The molecule has 2 aliphatic rings. The fraction of sp³-hybridized carbons (Fsp3) is 0.190. The maximum Gasteiger partial charge on any atom is 0.212 e. The molecule has 1 saturated heterocycles. The Balaban J connectivity index is 1.78. The van der Waals surface area contributed by atoms with Crippen molar-refractivity contribution < 1.29 is 9.53 Å². The maximum atomic E-state index is 13.1. The minimum absolute atomic E-state index is 0.0451. The molecule has 1 aromatic heterocycles. The predicted molar refractivity (Wildman–Crippen MR) is 97.6 cm³/mol. The van der Waals surface area contributed by atoms with E-state index in [0.717, 1.165) is 53.1 Å². The molecule has 3 aromatic rings. The molecule has 0 aliphatic carbocycles. The summed E-state index contributed by atoms with van der Waals surface area (Å²) in [6, 6.07) is 15.5. The summed E-state index contributed by atoms with van der Waals surface area (Å²) in [7, 11) is 0. The molecule has 1 fully saturated rings. The summed E-state index contributed by atoms with van der Waals surface area (Å²) in [4.78, 5) is 13.1. The van der Waals surface area contributed by atoms with Crippen LogP contribution in [0.3, 0.4) is 0 Å². The van der Waals surface area contributed by atoms with Gasteiger partial charge in [0.2, 0.25) is 5.78 Å². The Morgan fingerprint density at radius 1 is 1.08 bits per heavy atom. The summed E-state index contributed by atoms with van der Waals surface area (Å²) in [6.45, 7) is 0.774. The number of ketones is 1. The summed E-state index contributed by atoms with van der Waals surface area (Å²) in [5.41, 5.74) is 5.51. The number of hydrogen-bond donors (Lipinski definition) is 0. The zero-order valence-electron chi connectivity index (χ0n) is 13.5. The fourth-order valence-corrected chi connectivity index (χ4v) is 4.05. The Morgan fingerprint density at radius 3 is 2.64 bits per heavy atom. The minimum atomic E-state index is 0.0451. The Bertz CT molecular complexity index is 982. The van der Waals surface area contributed by atoms with Gasteiger partial charge in [0.05, 0.1) is 11.8 Å². The second-order valence-electron chi connectivity index (χ2n) is 6.53. The van der Waals surface area contributed by atoms with Gasteiger partial charge in [-0.3, -0.25) is 4.79 Å². The summed E-state index contributed by atoms with van der Waals surface area (Å²) >= 11 is 6.06. The molecule has 3 nitrogen and oxygen atoms in total. The van der Waals surface area contributed by atoms with E-state index in [9.17, 15) is 4.79 Å². The third kappa shape index (κ3) is 2.20. The number of hydrogen-bond acceptors (Lipinski definition) is 2. The molecule has 0 spiro atoms. The van der Waals surface area contributed by atoms with Gasteiger partial charge in [0.1, 0.15) is 5.69 Å².